The van der Waals surface area contributed by atoms with Crippen LogP contribution in [0, 0.1) is 0 Å². The molecule has 1 aliphatic rings. The molecule has 2 aromatic carbocycles. The minimum absolute atomic E-state index is 0.0769. The van der Waals surface area contributed by atoms with E-state index in [0.717, 1.165) is 13.0 Å². The van der Waals surface area contributed by atoms with Crippen LogP contribution >= 0.6 is 0 Å². The van der Waals surface area contributed by atoms with Gasteiger partial charge in [-0.1, -0.05) is 133 Å². The molecule has 222 valence electrons. The summed E-state index contributed by atoms with van der Waals surface area (Å²) in [5, 5.41) is 0. The average Bonchev–Trinajstić information content (AvgIpc) is 3.30. The van der Waals surface area contributed by atoms with E-state index in [1.54, 1.807) is 11.9 Å². The number of carbonyl (C=O) groups is 1. The number of hydrogen-bond donors (Lipinski definition) is 0. The van der Waals surface area contributed by atoms with E-state index in [0.29, 0.717) is 33.0 Å². The van der Waals surface area contributed by atoms with Crippen molar-refractivity contribution in [3.8, 4) is 11.1 Å². The van der Waals surface area contributed by atoms with Crippen molar-refractivity contribution in [3.05, 3.63) is 59.7 Å². The van der Waals surface area contributed by atoms with Gasteiger partial charge in [-0.25, -0.2) is 4.79 Å². The average molecular weight is 552 g/mol. The number of rotatable bonds is 22. The summed E-state index contributed by atoms with van der Waals surface area (Å²) in [4.78, 5) is 14.2. The number of benzene rings is 2. The summed E-state index contributed by atoms with van der Waals surface area (Å²) >= 11 is 0. The normalized spacial score (nSPS) is 12.3. The van der Waals surface area contributed by atoms with Crippen molar-refractivity contribution in [1.29, 1.82) is 0 Å². The fourth-order valence-corrected chi connectivity index (χ4v) is 5.54. The van der Waals surface area contributed by atoms with Gasteiger partial charge in [0, 0.05) is 26.1 Å². The highest BCUT2D eigenvalue weighted by molar-refractivity contribution is 5.79. The van der Waals surface area contributed by atoms with Gasteiger partial charge >= 0.3 is 6.09 Å². The number of unbranched alkanes of at least 4 members (excludes halogenated alkanes) is 12. The van der Waals surface area contributed by atoms with Gasteiger partial charge in [-0.05, 0) is 28.7 Å². The molecule has 0 saturated heterocycles. The van der Waals surface area contributed by atoms with Crippen molar-refractivity contribution in [3.63, 3.8) is 0 Å². The van der Waals surface area contributed by atoms with Gasteiger partial charge in [0.05, 0.1) is 19.8 Å². The SMILES string of the molecule is CCCCCCCCCCCCCCCOCCOCCN(C)C(=O)OCC1c2ccccc2-c2ccccc21. The van der Waals surface area contributed by atoms with Crippen LogP contribution in [0.1, 0.15) is 107 Å². The zero-order valence-electron chi connectivity index (χ0n) is 25.2. The van der Waals surface area contributed by atoms with Crippen LogP contribution in [0.2, 0.25) is 0 Å². The number of ether oxygens (including phenoxy) is 3. The molecule has 2 aromatic rings. The first-order valence-corrected chi connectivity index (χ1v) is 15.9. The third-order valence-corrected chi connectivity index (χ3v) is 7.98. The first-order chi connectivity index (χ1) is 19.7. The van der Waals surface area contributed by atoms with Gasteiger partial charge in [0.2, 0.25) is 0 Å². The summed E-state index contributed by atoms with van der Waals surface area (Å²) in [6.45, 7) is 5.55. The number of carbonyl (C=O) groups excluding carboxylic acids is 1. The Bertz CT molecular complexity index is 916. The maximum atomic E-state index is 12.6. The van der Waals surface area contributed by atoms with E-state index in [2.05, 4.69) is 43.3 Å². The molecule has 0 aliphatic heterocycles. The monoisotopic (exact) mass is 551 g/mol. The van der Waals surface area contributed by atoms with Gasteiger partial charge in [-0.15, -0.1) is 0 Å². The fourth-order valence-electron chi connectivity index (χ4n) is 5.54. The molecule has 0 spiro atoms. The number of fused-ring (bicyclic) bond motifs is 3. The van der Waals surface area contributed by atoms with Gasteiger partial charge in [0.1, 0.15) is 6.61 Å². The Morgan fingerprint density at radius 2 is 1.12 bits per heavy atom. The summed E-state index contributed by atoms with van der Waals surface area (Å²) in [5.74, 6) is 0.0769. The highest BCUT2D eigenvalue weighted by Crippen LogP contribution is 2.44. The zero-order valence-corrected chi connectivity index (χ0v) is 25.2. The molecule has 0 atom stereocenters. The van der Waals surface area contributed by atoms with Crippen molar-refractivity contribution >= 4 is 6.09 Å². The summed E-state index contributed by atoms with van der Waals surface area (Å²) in [7, 11) is 1.76. The van der Waals surface area contributed by atoms with E-state index in [9.17, 15) is 4.79 Å². The molecular weight excluding hydrogens is 498 g/mol. The summed E-state index contributed by atoms with van der Waals surface area (Å²) in [5.41, 5.74) is 4.91. The van der Waals surface area contributed by atoms with Crippen molar-refractivity contribution in [1.82, 2.24) is 4.90 Å². The van der Waals surface area contributed by atoms with Crippen LogP contribution in [0.5, 0.6) is 0 Å². The lowest BCUT2D eigenvalue weighted by Gasteiger charge is -2.19. The van der Waals surface area contributed by atoms with E-state index in [1.807, 2.05) is 12.1 Å². The Morgan fingerprint density at radius 1 is 0.650 bits per heavy atom. The Hall–Kier alpha value is -2.37. The van der Waals surface area contributed by atoms with Crippen molar-refractivity contribution in [2.75, 3.05) is 46.6 Å². The molecular formula is C35H53NO4. The van der Waals surface area contributed by atoms with E-state index < -0.39 is 0 Å². The molecule has 0 radical (unpaired) electrons. The molecule has 0 unspecified atom stereocenters. The number of nitrogens with zero attached hydrogens (tertiary/aromatic N) is 1. The van der Waals surface area contributed by atoms with Crippen LogP contribution in [0.4, 0.5) is 4.79 Å². The maximum Gasteiger partial charge on any atom is 0.409 e. The van der Waals surface area contributed by atoms with Crippen LogP contribution < -0.4 is 0 Å². The molecule has 0 heterocycles. The maximum absolute atomic E-state index is 12.6. The second-order valence-corrected chi connectivity index (χ2v) is 11.2. The van der Waals surface area contributed by atoms with Gasteiger partial charge in [0.15, 0.2) is 0 Å². The van der Waals surface area contributed by atoms with Gasteiger partial charge in [-0.3, -0.25) is 0 Å². The smallest absolute Gasteiger partial charge is 0.409 e. The topological polar surface area (TPSA) is 48.0 Å². The predicted octanol–water partition coefficient (Wildman–Crippen LogP) is 8.99. The molecule has 1 aliphatic carbocycles. The van der Waals surface area contributed by atoms with E-state index in [-0.39, 0.29) is 12.0 Å². The standard InChI is InChI=1S/C35H53NO4/c1-3-4-5-6-7-8-9-10-11-12-13-14-19-25-38-27-28-39-26-24-36(2)35(37)40-29-34-32-22-17-15-20-30(32)31-21-16-18-23-33(31)34/h15-18,20-23,34H,3-14,19,24-29H2,1-2H3. The first-order valence-electron chi connectivity index (χ1n) is 15.9. The van der Waals surface area contributed by atoms with Crippen LogP contribution in [0.25, 0.3) is 11.1 Å². The lowest BCUT2D eigenvalue weighted by Crippen LogP contribution is -2.32. The molecule has 0 fully saturated rings. The molecule has 1 amide bonds. The Morgan fingerprint density at radius 3 is 1.68 bits per heavy atom. The van der Waals surface area contributed by atoms with Crippen molar-refractivity contribution < 1.29 is 19.0 Å². The first kappa shape index (κ1) is 32.1. The number of likely N-dealkylation sites (N-methyl/N-ethyl adjacent to an activating group) is 1. The highest BCUT2D eigenvalue weighted by atomic mass is 16.6. The quantitative estimate of drug-likeness (QED) is 0.137. The van der Waals surface area contributed by atoms with Gasteiger partial charge < -0.3 is 19.1 Å². The summed E-state index contributed by atoms with van der Waals surface area (Å²) in [6, 6.07) is 16.8. The minimum Gasteiger partial charge on any atom is -0.448 e. The molecule has 3 rings (SSSR count). The van der Waals surface area contributed by atoms with Gasteiger partial charge in [0.25, 0.3) is 0 Å². The lowest BCUT2D eigenvalue weighted by molar-refractivity contribution is 0.0371. The van der Waals surface area contributed by atoms with Crippen molar-refractivity contribution in [2.24, 2.45) is 0 Å². The molecule has 0 N–H and O–H groups in total. The summed E-state index contributed by atoms with van der Waals surface area (Å²) < 4.78 is 17.1. The third kappa shape index (κ3) is 11.2. The second kappa shape index (κ2) is 19.7. The summed E-state index contributed by atoms with van der Waals surface area (Å²) in [6.07, 6.45) is 17.4. The van der Waals surface area contributed by atoms with Crippen LogP contribution in [0.3, 0.4) is 0 Å². The molecule has 0 bridgehead atoms. The highest BCUT2D eigenvalue weighted by Gasteiger charge is 2.29. The van der Waals surface area contributed by atoms with Gasteiger partial charge in [-0.2, -0.15) is 0 Å². The minimum atomic E-state index is -0.316. The molecule has 0 saturated carbocycles. The Kier molecular flexibility index (Phi) is 15.8. The molecule has 40 heavy (non-hydrogen) atoms. The Balaban J connectivity index is 1.12. The molecule has 5 heteroatoms. The van der Waals surface area contributed by atoms with E-state index in [1.165, 1.54) is 99.3 Å². The van der Waals surface area contributed by atoms with Crippen LogP contribution in [-0.2, 0) is 14.2 Å². The lowest BCUT2D eigenvalue weighted by atomic mass is 9.98. The van der Waals surface area contributed by atoms with Crippen LogP contribution in [-0.4, -0.2) is 57.6 Å². The van der Waals surface area contributed by atoms with E-state index >= 15 is 0 Å². The van der Waals surface area contributed by atoms with Crippen LogP contribution in [0.15, 0.2) is 48.5 Å². The Labute approximate surface area is 243 Å². The third-order valence-electron chi connectivity index (χ3n) is 7.98. The number of amides is 1. The number of hydrogen-bond acceptors (Lipinski definition) is 4. The second-order valence-electron chi connectivity index (χ2n) is 11.2. The zero-order chi connectivity index (χ0) is 28.3. The largest absolute Gasteiger partial charge is 0.448 e. The fraction of sp³-hybridized carbons (Fsp3) is 0.629. The predicted molar refractivity (Wildman–Crippen MR) is 165 cm³/mol. The van der Waals surface area contributed by atoms with Crippen molar-refractivity contribution in [2.45, 2.75) is 96.3 Å². The molecule has 0 aromatic heterocycles. The molecule has 5 nitrogen and oxygen atoms in total. The van der Waals surface area contributed by atoms with E-state index in [4.69, 9.17) is 14.2 Å².